The Bertz CT molecular complexity index is 846. The molecule has 0 aliphatic heterocycles. The minimum Gasteiger partial charge on any atom is -0.494 e. The number of nitrogens with one attached hydrogen (secondary N) is 1. The van der Waals surface area contributed by atoms with Crippen LogP contribution in [0.5, 0.6) is 5.75 Å². The van der Waals surface area contributed by atoms with Gasteiger partial charge in [0, 0.05) is 5.69 Å². The Morgan fingerprint density at radius 3 is 2.19 bits per heavy atom. The van der Waals surface area contributed by atoms with Crippen molar-refractivity contribution < 1.29 is 17.9 Å². The van der Waals surface area contributed by atoms with Crippen molar-refractivity contribution in [2.45, 2.75) is 26.8 Å². The lowest BCUT2D eigenvalue weighted by Crippen LogP contribution is -2.45. The van der Waals surface area contributed by atoms with Gasteiger partial charge in [0.15, 0.2) is 0 Å². The second-order valence-electron chi connectivity index (χ2n) is 6.02. The minimum absolute atomic E-state index is 0.405. The van der Waals surface area contributed by atoms with Gasteiger partial charge in [-0.25, -0.2) is 8.42 Å². The number of ether oxygens (including phenoxy) is 1. The largest absolute Gasteiger partial charge is 0.494 e. The van der Waals surface area contributed by atoms with Crippen molar-refractivity contribution in [2.24, 2.45) is 0 Å². The molecular formula is C19H24N2O4S. The quantitative estimate of drug-likeness (QED) is 0.805. The van der Waals surface area contributed by atoms with Gasteiger partial charge < -0.3 is 10.1 Å². The second-order valence-corrected chi connectivity index (χ2v) is 7.88. The first-order chi connectivity index (χ1) is 12.2. The van der Waals surface area contributed by atoms with Crippen molar-refractivity contribution in [3.8, 4) is 5.75 Å². The van der Waals surface area contributed by atoms with Gasteiger partial charge in [-0.05, 0) is 57.2 Å². The molecule has 0 radical (unpaired) electrons. The highest BCUT2D eigenvalue weighted by Crippen LogP contribution is 2.24. The summed E-state index contributed by atoms with van der Waals surface area (Å²) in [6.07, 6.45) is 1.08. The molecule has 0 fully saturated rings. The zero-order valence-corrected chi connectivity index (χ0v) is 16.2. The van der Waals surface area contributed by atoms with Crippen molar-refractivity contribution in [2.75, 3.05) is 22.5 Å². The van der Waals surface area contributed by atoms with Crippen LogP contribution in [0.3, 0.4) is 0 Å². The lowest BCUT2D eigenvalue weighted by atomic mass is 10.2. The Balaban J connectivity index is 2.25. The maximum atomic E-state index is 12.6. The smallest absolute Gasteiger partial charge is 0.247 e. The molecule has 0 bridgehead atoms. The summed E-state index contributed by atoms with van der Waals surface area (Å²) < 4.78 is 31.1. The number of carbonyl (C=O) groups excluding carboxylic acids is 1. The van der Waals surface area contributed by atoms with E-state index in [1.807, 2.05) is 26.0 Å². The van der Waals surface area contributed by atoms with Gasteiger partial charge in [-0.2, -0.15) is 0 Å². The summed E-state index contributed by atoms with van der Waals surface area (Å²) >= 11 is 0. The molecule has 1 atom stereocenters. The van der Waals surface area contributed by atoms with E-state index in [0.29, 0.717) is 23.7 Å². The first-order valence-corrected chi connectivity index (χ1v) is 10.2. The Kier molecular flexibility index (Phi) is 6.26. The van der Waals surface area contributed by atoms with Gasteiger partial charge in [0.2, 0.25) is 15.9 Å². The van der Waals surface area contributed by atoms with E-state index in [0.717, 1.165) is 16.1 Å². The van der Waals surface area contributed by atoms with E-state index in [1.54, 1.807) is 43.3 Å². The topological polar surface area (TPSA) is 75.7 Å². The molecule has 0 saturated carbocycles. The molecule has 26 heavy (non-hydrogen) atoms. The molecule has 0 heterocycles. The number of hydrogen-bond donors (Lipinski definition) is 1. The summed E-state index contributed by atoms with van der Waals surface area (Å²) in [5.74, 6) is 0.231. The highest BCUT2D eigenvalue weighted by molar-refractivity contribution is 7.92. The number of sulfonamides is 1. The average molecular weight is 376 g/mol. The molecule has 7 heteroatoms. The van der Waals surface area contributed by atoms with Crippen LogP contribution in [0.25, 0.3) is 0 Å². The third-order valence-corrected chi connectivity index (χ3v) is 5.05. The Morgan fingerprint density at radius 2 is 1.69 bits per heavy atom. The predicted molar refractivity (Wildman–Crippen MR) is 104 cm³/mol. The third kappa shape index (κ3) is 4.98. The monoisotopic (exact) mass is 376 g/mol. The van der Waals surface area contributed by atoms with Crippen LogP contribution in [0.4, 0.5) is 11.4 Å². The first-order valence-electron chi connectivity index (χ1n) is 8.32. The van der Waals surface area contributed by atoms with E-state index in [-0.39, 0.29) is 0 Å². The molecule has 0 aromatic heterocycles. The van der Waals surface area contributed by atoms with E-state index in [1.165, 1.54) is 0 Å². The van der Waals surface area contributed by atoms with Gasteiger partial charge in [0.05, 0.1) is 18.6 Å². The van der Waals surface area contributed by atoms with Gasteiger partial charge in [-0.3, -0.25) is 9.10 Å². The molecule has 1 unspecified atom stereocenters. The molecule has 2 aromatic carbocycles. The molecule has 0 spiro atoms. The number of rotatable bonds is 7. The van der Waals surface area contributed by atoms with Crippen LogP contribution in [0.2, 0.25) is 0 Å². The molecular weight excluding hydrogens is 352 g/mol. The van der Waals surface area contributed by atoms with Crippen LogP contribution in [0, 0.1) is 6.92 Å². The van der Waals surface area contributed by atoms with Gasteiger partial charge >= 0.3 is 0 Å². The SMILES string of the molecule is CCOc1ccc(N(C(C)C(=O)Nc2ccc(C)cc2)S(C)(=O)=O)cc1. The normalized spacial score (nSPS) is 12.3. The van der Waals surface area contributed by atoms with Gasteiger partial charge in [0.25, 0.3) is 0 Å². The molecule has 2 aromatic rings. The van der Waals surface area contributed by atoms with Crippen LogP contribution in [0.1, 0.15) is 19.4 Å². The molecule has 0 aliphatic rings. The van der Waals surface area contributed by atoms with Crippen molar-refractivity contribution in [3.63, 3.8) is 0 Å². The van der Waals surface area contributed by atoms with E-state index in [9.17, 15) is 13.2 Å². The van der Waals surface area contributed by atoms with Crippen molar-refractivity contribution in [3.05, 3.63) is 54.1 Å². The lowest BCUT2D eigenvalue weighted by molar-refractivity contribution is -0.116. The zero-order valence-electron chi connectivity index (χ0n) is 15.4. The number of hydrogen-bond acceptors (Lipinski definition) is 4. The summed E-state index contributed by atoms with van der Waals surface area (Å²) in [7, 11) is -3.65. The fourth-order valence-electron chi connectivity index (χ4n) is 2.55. The number of benzene rings is 2. The first kappa shape index (κ1) is 19.8. The zero-order chi connectivity index (χ0) is 19.3. The maximum Gasteiger partial charge on any atom is 0.247 e. The fraction of sp³-hybridized carbons (Fsp3) is 0.316. The number of nitrogens with zero attached hydrogens (tertiary/aromatic N) is 1. The Labute approximate surface area is 154 Å². The van der Waals surface area contributed by atoms with Crippen LogP contribution < -0.4 is 14.4 Å². The van der Waals surface area contributed by atoms with Crippen LogP contribution in [-0.2, 0) is 14.8 Å². The fourth-order valence-corrected chi connectivity index (χ4v) is 3.72. The highest BCUT2D eigenvalue weighted by Gasteiger charge is 2.29. The number of amides is 1. The number of aryl methyl sites for hydroxylation is 1. The predicted octanol–water partition coefficient (Wildman–Crippen LogP) is 3.19. The number of anilines is 2. The standard InChI is InChI=1S/C19H24N2O4S/c1-5-25-18-12-10-17(11-13-18)21(26(4,23)24)15(3)19(22)20-16-8-6-14(2)7-9-16/h6-13,15H,5H2,1-4H3,(H,20,22). The molecule has 0 saturated heterocycles. The summed E-state index contributed by atoms with van der Waals surface area (Å²) in [5.41, 5.74) is 2.10. The average Bonchev–Trinajstić information content (AvgIpc) is 2.57. The molecule has 2 rings (SSSR count). The van der Waals surface area contributed by atoms with E-state index in [4.69, 9.17) is 4.74 Å². The molecule has 6 nitrogen and oxygen atoms in total. The van der Waals surface area contributed by atoms with E-state index in [2.05, 4.69) is 5.32 Å². The van der Waals surface area contributed by atoms with Crippen molar-refractivity contribution in [1.82, 2.24) is 0 Å². The summed E-state index contributed by atoms with van der Waals surface area (Å²) in [6, 6.07) is 13.0. The molecule has 140 valence electrons. The number of carbonyl (C=O) groups is 1. The van der Waals surface area contributed by atoms with Crippen LogP contribution in [-0.4, -0.2) is 33.2 Å². The van der Waals surface area contributed by atoms with Crippen molar-refractivity contribution in [1.29, 1.82) is 0 Å². The summed E-state index contributed by atoms with van der Waals surface area (Å²) in [5, 5.41) is 2.75. The third-order valence-electron chi connectivity index (χ3n) is 3.81. The maximum absolute atomic E-state index is 12.6. The van der Waals surface area contributed by atoms with Gasteiger partial charge in [-0.1, -0.05) is 17.7 Å². The Hall–Kier alpha value is -2.54. The summed E-state index contributed by atoms with van der Waals surface area (Å²) in [4.78, 5) is 12.6. The van der Waals surface area contributed by atoms with E-state index >= 15 is 0 Å². The summed E-state index contributed by atoms with van der Waals surface area (Å²) in [6.45, 7) is 5.89. The van der Waals surface area contributed by atoms with Gasteiger partial charge in [0.1, 0.15) is 11.8 Å². The van der Waals surface area contributed by atoms with Crippen LogP contribution in [0.15, 0.2) is 48.5 Å². The second kappa shape index (κ2) is 8.23. The van der Waals surface area contributed by atoms with Crippen molar-refractivity contribution >= 4 is 27.3 Å². The lowest BCUT2D eigenvalue weighted by Gasteiger charge is -2.28. The highest BCUT2D eigenvalue weighted by atomic mass is 32.2. The van der Waals surface area contributed by atoms with Crippen LogP contribution >= 0.6 is 0 Å². The Morgan fingerprint density at radius 1 is 1.12 bits per heavy atom. The minimum atomic E-state index is -3.65. The van der Waals surface area contributed by atoms with Gasteiger partial charge in [-0.15, -0.1) is 0 Å². The van der Waals surface area contributed by atoms with E-state index < -0.39 is 22.0 Å². The molecule has 1 amide bonds. The molecule has 1 N–H and O–H groups in total. The molecule has 0 aliphatic carbocycles.